The van der Waals surface area contributed by atoms with Crippen LogP contribution < -0.4 is 5.32 Å². The lowest BCUT2D eigenvalue weighted by atomic mass is 10.1. The van der Waals surface area contributed by atoms with Gasteiger partial charge in [-0.1, -0.05) is 24.3 Å². The first kappa shape index (κ1) is 21.4. The molecule has 1 amide bonds. The van der Waals surface area contributed by atoms with E-state index in [1.807, 2.05) is 30.8 Å². The van der Waals surface area contributed by atoms with Gasteiger partial charge in [-0.2, -0.15) is 11.8 Å². The number of nitrogens with zero attached hydrogens (tertiary/aromatic N) is 1. The highest BCUT2D eigenvalue weighted by molar-refractivity contribution is 7.99. The number of esters is 1. The van der Waals surface area contributed by atoms with Crippen LogP contribution in [0.5, 0.6) is 0 Å². The minimum absolute atomic E-state index is 0.00309. The molecule has 0 radical (unpaired) electrons. The molecule has 1 aliphatic rings. The van der Waals surface area contributed by atoms with E-state index in [2.05, 4.69) is 28.4 Å². The molecule has 0 bridgehead atoms. The average molecular weight is 413 g/mol. The van der Waals surface area contributed by atoms with Crippen molar-refractivity contribution < 1.29 is 14.3 Å². The van der Waals surface area contributed by atoms with Crippen molar-refractivity contribution in [1.82, 2.24) is 4.90 Å². The molecule has 0 aliphatic carbocycles. The lowest BCUT2D eigenvalue weighted by Crippen LogP contribution is -2.32. The van der Waals surface area contributed by atoms with E-state index in [1.165, 1.54) is 24.2 Å². The van der Waals surface area contributed by atoms with Crippen LogP contribution in [0.3, 0.4) is 0 Å². The van der Waals surface area contributed by atoms with Crippen LogP contribution in [0.2, 0.25) is 0 Å². The van der Waals surface area contributed by atoms with Gasteiger partial charge in [0.1, 0.15) is 0 Å². The van der Waals surface area contributed by atoms with Gasteiger partial charge in [0.05, 0.1) is 12.7 Å². The van der Waals surface area contributed by atoms with Gasteiger partial charge in [0.15, 0.2) is 0 Å². The molecule has 1 N–H and O–H groups in total. The van der Waals surface area contributed by atoms with Gasteiger partial charge in [0.25, 0.3) is 0 Å². The summed E-state index contributed by atoms with van der Waals surface area (Å²) < 4.78 is 4.70. The van der Waals surface area contributed by atoms with Crippen LogP contribution in [0.4, 0.5) is 5.69 Å². The van der Waals surface area contributed by atoms with Crippen molar-refractivity contribution in [1.29, 1.82) is 0 Å². The number of thioether (sulfide) groups is 1. The number of carbonyl (C=O) groups is 2. The number of aryl methyl sites for hydroxylation is 2. The molecular weight excluding hydrogens is 384 g/mol. The summed E-state index contributed by atoms with van der Waals surface area (Å²) in [6.45, 7) is 5.18. The summed E-state index contributed by atoms with van der Waals surface area (Å²) in [5.74, 6) is 2.02. The van der Waals surface area contributed by atoms with E-state index in [0.717, 1.165) is 36.4 Å². The van der Waals surface area contributed by atoms with Crippen molar-refractivity contribution in [3.63, 3.8) is 0 Å². The van der Waals surface area contributed by atoms with Crippen molar-refractivity contribution in [2.45, 2.75) is 26.3 Å². The summed E-state index contributed by atoms with van der Waals surface area (Å²) in [7, 11) is 1.36. The molecule has 0 unspecified atom stereocenters. The molecule has 1 heterocycles. The van der Waals surface area contributed by atoms with Crippen molar-refractivity contribution in [2.24, 2.45) is 0 Å². The van der Waals surface area contributed by atoms with Crippen LogP contribution in [-0.2, 0) is 22.5 Å². The van der Waals surface area contributed by atoms with Gasteiger partial charge >= 0.3 is 5.97 Å². The Morgan fingerprint density at radius 2 is 1.76 bits per heavy atom. The third kappa shape index (κ3) is 6.34. The van der Waals surface area contributed by atoms with Crippen LogP contribution in [0.25, 0.3) is 0 Å². The molecule has 2 aromatic carbocycles. The number of ether oxygens (including phenoxy) is 1. The first-order chi connectivity index (χ1) is 14.0. The number of benzene rings is 2. The fourth-order valence-electron chi connectivity index (χ4n) is 3.32. The molecule has 0 saturated carbocycles. The maximum Gasteiger partial charge on any atom is 0.337 e. The van der Waals surface area contributed by atoms with Gasteiger partial charge in [0.2, 0.25) is 5.91 Å². The van der Waals surface area contributed by atoms with Crippen molar-refractivity contribution in [3.05, 3.63) is 64.7 Å². The zero-order valence-corrected chi connectivity index (χ0v) is 17.9. The smallest absolute Gasteiger partial charge is 0.337 e. The van der Waals surface area contributed by atoms with Crippen LogP contribution in [0.15, 0.2) is 42.5 Å². The zero-order chi connectivity index (χ0) is 20.6. The summed E-state index contributed by atoms with van der Waals surface area (Å²) >= 11 is 2.01. The number of anilines is 1. The van der Waals surface area contributed by atoms with Crippen molar-refractivity contribution in [2.75, 3.05) is 37.0 Å². The molecule has 0 atom stereocenters. The highest BCUT2D eigenvalue weighted by Crippen LogP contribution is 2.20. The molecular formula is C23H28N2O3S. The van der Waals surface area contributed by atoms with E-state index in [0.29, 0.717) is 18.4 Å². The second kappa shape index (κ2) is 10.5. The number of hydrogen-bond donors (Lipinski definition) is 1. The fourth-order valence-corrected chi connectivity index (χ4v) is 4.29. The Morgan fingerprint density at radius 1 is 1.07 bits per heavy atom. The van der Waals surface area contributed by atoms with Crippen LogP contribution in [-0.4, -0.2) is 48.5 Å². The third-order valence-electron chi connectivity index (χ3n) is 5.10. The highest BCUT2D eigenvalue weighted by Gasteiger charge is 2.12. The van der Waals surface area contributed by atoms with Gasteiger partial charge < -0.3 is 10.1 Å². The van der Waals surface area contributed by atoms with Crippen molar-refractivity contribution >= 4 is 29.3 Å². The Kier molecular flexibility index (Phi) is 7.72. The minimum Gasteiger partial charge on any atom is -0.465 e. The highest BCUT2D eigenvalue weighted by atomic mass is 32.2. The van der Waals surface area contributed by atoms with E-state index in [4.69, 9.17) is 4.74 Å². The molecule has 154 valence electrons. The first-order valence-electron chi connectivity index (χ1n) is 9.92. The van der Waals surface area contributed by atoms with Gasteiger partial charge in [-0.05, 0) is 48.2 Å². The van der Waals surface area contributed by atoms with E-state index < -0.39 is 0 Å². The fraction of sp³-hybridized carbons (Fsp3) is 0.391. The maximum atomic E-state index is 12.5. The number of rotatable bonds is 7. The molecule has 0 aromatic heterocycles. The Hall–Kier alpha value is -2.31. The Morgan fingerprint density at radius 3 is 2.45 bits per heavy atom. The number of methoxy groups -OCH3 is 1. The largest absolute Gasteiger partial charge is 0.465 e. The third-order valence-corrected chi connectivity index (χ3v) is 6.04. The molecule has 2 aromatic rings. The lowest BCUT2D eigenvalue weighted by Gasteiger charge is -2.26. The van der Waals surface area contributed by atoms with E-state index in [1.54, 1.807) is 12.1 Å². The van der Waals surface area contributed by atoms with E-state index in [9.17, 15) is 9.59 Å². The lowest BCUT2D eigenvalue weighted by molar-refractivity contribution is -0.116. The molecule has 5 nitrogen and oxygen atoms in total. The number of amides is 1. The maximum absolute atomic E-state index is 12.5. The monoisotopic (exact) mass is 412 g/mol. The zero-order valence-electron chi connectivity index (χ0n) is 17.1. The predicted molar refractivity (Wildman–Crippen MR) is 119 cm³/mol. The summed E-state index contributed by atoms with van der Waals surface area (Å²) in [6, 6.07) is 13.5. The van der Waals surface area contributed by atoms with Crippen LogP contribution in [0.1, 0.15) is 33.5 Å². The molecule has 0 spiro atoms. The average Bonchev–Trinajstić information content (AvgIpc) is 2.75. The van der Waals surface area contributed by atoms with Gasteiger partial charge in [-0.25, -0.2) is 4.79 Å². The Bertz CT molecular complexity index is 846. The van der Waals surface area contributed by atoms with Gasteiger partial charge in [-0.3, -0.25) is 9.69 Å². The minimum atomic E-state index is -0.354. The SMILES string of the molecule is COC(=O)c1ccc(CCC(=O)Nc2cc(CN3CCSCC3)ccc2C)cc1. The van der Waals surface area contributed by atoms with E-state index >= 15 is 0 Å². The summed E-state index contributed by atoms with van der Waals surface area (Å²) in [5, 5.41) is 3.06. The van der Waals surface area contributed by atoms with Crippen LogP contribution in [0, 0.1) is 6.92 Å². The van der Waals surface area contributed by atoms with Crippen LogP contribution >= 0.6 is 11.8 Å². The molecule has 1 aliphatic heterocycles. The summed E-state index contributed by atoms with van der Waals surface area (Å²) in [6.07, 6.45) is 1.02. The van der Waals surface area contributed by atoms with Crippen molar-refractivity contribution in [3.8, 4) is 0 Å². The second-order valence-electron chi connectivity index (χ2n) is 7.27. The number of carbonyl (C=O) groups excluding carboxylic acids is 2. The normalized spacial score (nSPS) is 14.4. The number of hydrogen-bond acceptors (Lipinski definition) is 5. The molecule has 1 fully saturated rings. The number of nitrogens with one attached hydrogen (secondary N) is 1. The molecule has 29 heavy (non-hydrogen) atoms. The standard InChI is InChI=1S/C23H28N2O3S/c1-17-3-4-19(16-25-11-13-29-14-12-25)15-21(17)24-22(26)10-7-18-5-8-20(9-6-18)23(27)28-2/h3-6,8-9,15H,7,10-14,16H2,1-2H3,(H,24,26). The van der Waals surface area contributed by atoms with E-state index in [-0.39, 0.29) is 11.9 Å². The van der Waals surface area contributed by atoms with Gasteiger partial charge in [0, 0.05) is 43.2 Å². The Labute approximate surface area is 176 Å². The topological polar surface area (TPSA) is 58.6 Å². The molecule has 3 rings (SSSR count). The first-order valence-corrected chi connectivity index (χ1v) is 11.1. The summed E-state index contributed by atoms with van der Waals surface area (Å²) in [5.41, 5.74) is 4.72. The Balaban J connectivity index is 1.54. The van der Waals surface area contributed by atoms with Gasteiger partial charge in [-0.15, -0.1) is 0 Å². The molecule has 1 saturated heterocycles. The predicted octanol–water partition coefficient (Wildman–Crippen LogP) is 3.90. The quantitative estimate of drug-likeness (QED) is 0.699. The second-order valence-corrected chi connectivity index (χ2v) is 8.50. The summed E-state index contributed by atoms with van der Waals surface area (Å²) in [4.78, 5) is 26.4. The molecule has 6 heteroatoms.